The monoisotopic (exact) mass is 331 g/mol. The number of aromatic nitrogens is 2. The van der Waals surface area contributed by atoms with Crippen molar-refractivity contribution in [2.75, 3.05) is 17.0 Å². The van der Waals surface area contributed by atoms with Gasteiger partial charge in [-0.05, 0) is 19.2 Å². The van der Waals surface area contributed by atoms with Crippen molar-refractivity contribution in [2.45, 2.75) is 13.1 Å². The maximum Gasteiger partial charge on any atom is 0.417 e. The summed E-state index contributed by atoms with van der Waals surface area (Å²) in [5.41, 5.74) is -1.04. The van der Waals surface area contributed by atoms with Gasteiger partial charge >= 0.3 is 6.18 Å². The molecule has 0 unspecified atom stereocenters. The lowest BCUT2D eigenvalue weighted by Crippen LogP contribution is -2.32. The van der Waals surface area contributed by atoms with E-state index >= 15 is 0 Å². The van der Waals surface area contributed by atoms with E-state index in [-0.39, 0.29) is 11.8 Å². The zero-order valence-corrected chi connectivity index (χ0v) is 12.5. The van der Waals surface area contributed by atoms with Crippen LogP contribution in [0.2, 0.25) is 0 Å². The van der Waals surface area contributed by atoms with E-state index in [1.54, 1.807) is 13.2 Å². The van der Waals surface area contributed by atoms with Crippen molar-refractivity contribution in [3.63, 3.8) is 0 Å². The predicted octanol–water partition coefficient (Wildman–Crippen LogP) is 3.36. The summed E-state index contributed by atoms with van der Waals surface area (Å²) in [6, 6.07) is 2.26. The van der Waals surface area contributed by atoms with Crippen LogP contribution in [-0.4, -0.2) is 28.2 Å². The minimum atomic E-state index is -4.64. The normalized spacial score (nSPS) is 11.5. The summed E-state index contributed by atoms with van der Waals surface area (Å²) in [6.07, 6.45) is -1.02. The predicted molar refractivity (Wildman–Crippen MR) is 75.7 cm³/mol. The largest absolute Gasteiger partial charge is 0.417 e. The van der Waals surface area contributed by atoms with Crippen LogP contribution in [-0.2, 0) is 6.18 Å². The number of rotatable bonds is 4. The van der Waals surface area contributed by atoms with Gasteiger partial charge in [0.25, 0.3) is 5.91 Å². The van der Waals surface area contributed by atoms with Gasteiger partial charge in [-0.1, -0.05) is 5.16 Å². The van der Waals surface area contributed by atoms with Crippen molar-refractivity contribution >= 4 is 23.6 Å². The first-order valence-electron chi connectivity index (χ1n) is 6.10. The summed E-state index contributed by atoms with van der Waals surface area (Å²) in [7, 11) is 0. The third kappa shape index (κ3) is 3.41. The Morgan fingerprint density at radius 2 is 2.18 bits per heavy atom. The van der Waals surface area contributed by atoms with Crippen LogP contribution in [0.3, 0.4) is 0 Å². The summed E-state index contributed by atoms with van der Waals surface area (Å²) in [4.78, 5) is 17.2. The maximum atomic E-state index is 13.0. The third-order valence-electron chi connectivity index (χ3n) is 2.74. The van der Waals surface area contributed by atoms with Gasteiger partial charge in [-0.25, -0.2) is 0 Å². The van der Waals surface area contributed by atoms with E-state index in [0.29, 0.717) is 5.69 Å². The Bertz CT molecular complexity index is 673. The zero-order valence-electron chi connectivity index (χ0n) is 11.7. The lowest BCUT2D eigenvalue weighted by Gasteiger charge is -2.20. The second-order valence-electron chi connectivity index (χ2n) is 4.38. The molecule has 0 aliphatic carbocycles. The number of amides is 1. The molecule has 2 rings (SSSR count). The number of hydrogen-bond acceptors (Lipinski definition) is 5. The SMILES string of the molecule is CSCN(C(=O)c1cnccc1C(F)(F)F)c1cc(C)no1. The summed E-state index contributed by atoms with van der Waals surface area (Å²) < 4.78 is 44.1. The van der Waals surface area contributed by atoms with Gasteiger partial charge in [-0.3, -0.25) is 14.7 Å². The van der Waals surface area contributed by atoms with E-state index in [1.807, 2.05) is 0 Å². The van der Waals surface area contributed by atoms with Gasteiger partial charge in [0, 0.05) is 18.5 Å². The molecular weight excluding hydrogens is 319 g/mol. The van der Waals surface area contributed by atoms with Gasteiger partial charge in [0.05, 0.1) is 22.7 Å². The highest BCUT2D eigenvalue weighted by molar-refractivity contribution is 7.98. The standard InChI is InChI=1S/C13H12F3N3O2S/c1-8-5-11(21-18-8)19(7-22-2)12(20)9-6-17-4-3-10(9)13(14,15)16/h3-6H,7H2,1-2H3. The molecule has 0 fully saturated rings. The fourth-order valence-electron chi connectivity index (χ4n) is 1.79. The van der Waals surface area contributed by atoms with E-state index in [9.17, 15) is 18.0 Å². The number of carbonyl (C=O) groups is 1. The maximum absolute atomic E-state index is 13.0. The second kappa shape index (κ2) is 6.39. The van der Waals surface area contributed by atoms with E-state index in [2.05, 4.69) is 10.1 Å². The van der Waals surface area contributed by atoms with E-state index in [1.165, 1.54) is 17.8 Å². The van der Waals surface area contributed by atoms with Crippen LogP contribution in [0.4, 0.5) is 19.1 Å². The first-order chi connectivity index (χ1) is 10.3. The minimum absolute atomic E-state index is 0.0915. The van der Waals surface area contributed by atoms with Crippen molar-refractivity contribution < 1.29 is 22.5 Å². The molecule has 0 saturated carbocycles. The van der Waals surface area contributed by atoms with Crippen molar-refractivity contribution in [3.8, 4) is 0 Å². The Balaban J connectivity index is 2.44. The molecule has 9 heteroatoms. The lowest BCUT2D eigenvalue weighted by atomic mass is 10.1. The molecule has 118 valence electrons. The highest BCUT2D eigenvalue weighted by Gasteiger charge is 2.37. The van der Waals surface area contributed by atoms with Crippen molar-refractivity contribution in [2.24, 2.45) is 0 Å². The van der Waals surface area contributed by atoms with Gasteiger partial charge in [0.2, 0.25) is 5.88 Å². The van der Waals surface area contributed by atoms with Crippen LogP contribution < -0.4 is 4.90 Å². The van der Waals surface area contributed by atoms with E-state index < -0.39 is 23.2 Å². The third-order valence-corrected chi connectivity index (χ3v) is 3.26. The quantitative estimate of drug-likeness (QED) is 0.804. The first-order valence-corrected chi connectivity index (χ1v) is 7.49. The molecule has 0 N–H and O–H groups in total. The summed E-state index contributed by atoms with van der Waals surface area (Å²) in [6.45, 7) is 1.65. The molecule has 1 amide bonds. The van der Waals surface area contributed by atoms with Gasteiger partial charge < -0.3 is 4.52 Å². The van der Waals surface area contributed by atoms with Gasteiger partial charge in [-0.15, -0.1) is 11.8 Å². The van der Waals surface area contributed by atoms with Crippen LogP contribution in [0.15, 0.2) is 29.0 Å². The number of thioether (sulfide) groups is 1. The Kier molecular flexibility index (Phi) is 4.74. The molecule has 22 heavy (non-hydrogen) atoms. The van der Waals surface area contributed by atoms with E-state index in [4.69, 9.17) is 4.52 Å². The van der Waals surface area contributed by atoms with Gasteiger partial charge in [0.1, 0.15) is 0 Å². The highest BCUT2D eigenvalue weighted by Crippen LogP contribution is 2.32. The molecule has 0 saturated heterocycles. The zero-order chi connectivity index (χ0) is 16.3. The van der Waals surface area contributed by atoms with Crippen molar-refractivity contribution in [1.29, 1.82) is 0 Å². The lowest BCUT2D eigenvalue weighted by molar-refractivity contribution is -0.138. The minimum Gasteiger partial charge on any atom is -0.338 e. The average molecular weight is 331 g/mol. The first kappa shape index (κ1) is 16.3. The Morgan fingerprint density at radius 3 is 2.73 bits per heavy atom. The number of alkyl halides is 3. The average Bonchev–Trinajstić information content (AvgIpc) is 2.89. The van der Waals surface area contributed by atoms with Gasteiger partial charge in [-0.2, -0.15) is 13.2 Å². The molecule has 0 atom stereocenters. The molecule has 0 bridgehead atoms. The highest BCUT2D eigenvalue weighted by atomic mass is 32.2. The molecule has 2 heterocycles. The summed E-state index contributed by atoms with van der Waals surface area (Å²) >= 11 is 1.27. The topological polar surface area (TPSA) is 59.2 Å². The molecule has 0 spiro atoms. The van der Waals surface area contributed by atoms with Crippen molar-refractivity contribution in [1.82, 2.24) is 10.1 Å². The number of aryl methyl sites for hydroxylation is 1. The Morgan fingerprint density at radius 1 is 1.45 bits per heavy atom. The molecule has 5 nitrogen and oxygen atoms in total. The summed E-state index contributed by atoms with van der Waals surface area (Å²) in [5, 5.41) is 3.65. The molecule has 2 aromatic heterocycles. The second-order valence-corrected chi connectivity index (χ2v) is 5.21. The molecule has 0 aliphatic rings. The van der Waals surface area contributed by atoms with Crippen LogP contribution in [0.1, 0.15) is 21.6 Å². The number of nitrogens with zero attached hydrogens (tertiary/aromatic N) is 3. The Hall–Kier alpha value is -2.03. The van der Waals surface area contributed by atoms with Crippen LogP contribution in [0.5, 0.6) is 0 Å². The molecule has 0 aliphatic heterocycles. The molecular formula is C13H12F3N3O2S. The number of anilines is 1. The fraction of sp³-hybridized carbons (Fsp3) is 0.308. The number of pyridine rings is 1. The summed E-state index contributed by atoms with van der Waals surface area (Å²) in [5.74, 6) is -0.626. The molecule has 2 aromatic rings. The number of carbonyl (C=O) groups excluding carboxylic acids is 1. The number of hydrogen-bond donors (Lipinski definition) is 0. The fourth-order valence-corrected chi connectivity index (χ4v) is 2.29. The van der Waals surface area contributed by atoms with E-state index in [0.717, 1.165) is 23.4 Å². The van der Waals surface area contributed by atoms with Crippen LogP contribution >= 0.6 is 11.8 Å². The van der Waals surface area contributed by atoms with Crippen LogP contribution in [0.25, 0.3) is 0 Å². The Labute approximate surface area is 128 Å². The number of halogens is 3. The molecule has 0 radical (unpaired) electrons. The smallest absolute Gasteiger partial charge is 0.338 e. The van der Waals surface area contributed by atoms with Crippen molar-refractivity contribution in [3.05, 3.63) is 41.3 Å². The van der Waals surface area contributed by atoms with Crippen LogP contribution in [0, 0.1) is 6.92 Å². The molecule has 0 aromatic carbocycles. The van der Waals surface area contributed by atoms with Gasteiger partial charge in [0.15, 0.2) is 0 Å².